The van der Waals surface area contributed by atoms with E-state index in [0.717, 1.165) is 18.2 Å². The molecular formula is C16H21N3. The molecule has 1 N–H and O–H groups in total. The van der Waals surface area contributed by atoms with E-state index in [1.807, 2.05) is 25.2 Å². The first-order valence-corrected chi connectivity index (χ1v) is 6.63. The number of nitrogens with one attached hydrogen (secondary N) is 1. The fourth-order valence-electron chi connectivity index (χ4n) is 2.17. The summed E-state index contributed by atoms with van der Waals surface area (Å²) in [5, 5.41) is 3.24. The maximum absolute atomic E-state index is 4.61. The zero-order chi connectivity index (χ0) is 13.8. The van der Waals surface area contributed by atoms with Crippen LogP contribution in [0.25, 0.3) is 0 Å². The molecule has 0 bridgehead atoms. The Hall–Kier alpha value is -2.03. The molecule has 0 saturated heterocycles. The number of anilines is 3. The molecule has 19 heavy (non-hydrogen) atoms. The van der Waals surface area contributed by atoms with Crippen LogP contribution < -0.4 is 10.2 Å². The number of aromatic nitrogens is 1. The van der Waals surface area contributed by atoms with Crippen molar-refractivity contribution in [3.8, 4) is 0 Å². The van der Waals surface area contributed by atoms with Gasteiger partial charge >= 0.3 is 0 Å². The lowest BCUT2D eigenvalue weighted by atomic mass is 10.1. The summed E-state index contributed by atoms with van der Waals surface area (Å²) in [6.07, 6.45) is 0. The maximum Gasteiger partial charge on any atom is 0.135 e. The minimum Gasteiger partial charge on any atom is -0.370 e. The Balaban J connectivity index is 2.32. The molecule has 0 fully saturated rings. The van der Waals surface area contributed by atoms with E-state index >= 15 is 0 Å². The summed E-state index contributed by atoms with van der Waals surface area (Å²) >= 11 is 0. The fraction of sp³-hybridized carbons (Fsp3) is 0.312. The van der Waals surface area contributed by atoms with Crippen molar-refractivity contribution >= 4 is 17.3 Å². The minimum absolute atomic E-state index is 0.879. The lowest BCUT2D eigenvalue weighted by molar-refractivity contribution is 1.10. The average molecular weight is 255 g/mol. The fourth-order valence-corrected chi connectivity index (χ4v) is 2.17. The molecule has 0 atom stereocenters. The van der Waals surface area contributed by atoms with Gasteiger partial charge < -0.3 is 10.2 Å². The van der Waals surface area contributed by atoms with E-state index in [0.29, 0.717) is 0 Å². The smallest absolute Gasteiger partial charge is 0.135 e. The van der Waals surface area contributed by atoms with Crippen molar-refractivity contribution in [1.82, 2.24) is 4.98 Å². The second kappa shape index (κ2) is 5.74. The summed E-state index contributed by atoms with van der Waals surface area (Å²) < 4.78 is 0. The molecule has 100 valence electrons. The van der Waals surface area contributed by atoms with E-state index in [1.54, 1.807) is 0 Å². The van der Waals surface area contributed by atoms with Gasteiger partial charge in [0.15, 0.2) is 0 Å². The summed E-state index contributed by atoms with van der Waals surface area (Å²) in [6.45, 7) is 7.19. The second-order valence-electron chi connectivity index (χ2n) is 4.82. The molecule has 1 aromatic carbocycles. The summed E-state index contributed by atoms with van der Waals surface area (Å²) in [6, 6.07) is 12.6. The van der Waals surface area contributed by atoms with E-state index in [1.165, 1.54) is 16.8 Å². The summed E-state index contributed by atoms with van der Waals surface area (Å²) in [5.41, 5.74) is 3.70. The average Bonchev–Trinajstić information content (AvgIpc) is 2.37. The lowest BCUT2D eigenvalue weighted by Gasteiger charge is -2.20. The quantitative estimate of drug-likeness (QED) is 0.898. The molecule has 0 unspecified atom stereocenters. The van der Waals surface area contributed by atoms with Gasteiger partial charge in [0.05, 0.1) is 0 Å². The summed E-state index contributed by atoms with van der Waals surface area (Å²) in [5.74, 6) is 1.86. The van der Waals surface area contributed by atoms with Crippen molar-refractivity contribution < 1.29 is 0 Å². The highest BCUT2D eigenvalue weighted by atomic mass is 15.2. The van der Waals surface area contributed by atoms with Gasteiger partial charge in [0.2, 0.25) is 0 Å². The first-order valence-electron chi connectivity index (χ1n) is 6.63. The van der Waals surface area contributed by atoms with Gasteiger partial charge in [-0.25, -0.2) is 4.98 Å². The molecule has 3 heteroatoms. The number of benzene rings is 1. The van der Waals surface area contributed by atoms with Crippen LogP contribution in [-0.4, -0.2) is 18.6 Å². The predicted octanol–water partition coefficient (Wildman–Crippen LogP) is 3.90. The number of hydrogen-bond donors (Lipinski definition) is 1. The second-order valence-corrected chi connectivity index (χ2v) is 4.82. The van der Waals surface area contributed by atoms with Crippen LogP contribution in [0.4, 0.5) is 17.3 Å². The molecule has 2 rings (SSSR count). The summed E-state index contributed by atoms with van der Waals surface area (Å²) in [7, 11) is 2.05. The molecule has 0 spiro atoms. The van der Waals surface area contributed by atoms with Crippen LogP contribution in [0, 0.1) is 13.8 Å². The predicted molar refractivity (Wildman–Crippen MR) is 82.4 cm³/mol. The van der Waals surface area contributed by atoms with Gasteiger partial charge in [0.1, 0.15) is 11.6 Å². The molecule has 1 aromatic heterocycles. The highest BCUT2D eigenvalue weighted by Gasteiger charge is 2.07. The third kappa shape index (κ3) is 3.25. The Kier molecular flexibility index (Phi) is 4.05. The van der Waals surface area contributed by atoms with Gasteiger partial charge in [-0.05, 0) is 56.2 Å². The third-order valence-electron chi connectivity index (χ3n) is 3.03. The topological polar surface area (TPSA) is 28.2 Å². The molecule has 0 aliphatic rings. The standard InChI is InChI=1S/C16H21N3/c1-5-17-15-7-6-8-16(18-15)19(4)14-10-12(2)9-13(3)11-14/h6-11H,5H2,1-4H3,(H,17,18). The first-order chi connectivity index (χ1) is 9.10. The van der Waals surface area contributed by atoms with E-state index in [-0.39, 0.29) is 0 Å². The van der Waals surface area contributed by atoms with Crippen LogP contribution in [0.3, 0.4) is 0 Å². The molecule has 0 aliphatic carbocycles. The van der Waals surface area contributed by atoms with Gasteiger partial charge in [0, 0.05) is 19.3 Å². The Morgan fingerprint density at radius 2 is 1.79 bits per heavy atom. The van der Waals surface area contributed by atoms with Crippen molar-refractivity contribution in [2.24, 2.45) is 0 Å². The summed E-state index contributed by atoms with van der Waals surface area (Å²) in [4.78, 5) is 6.72. The van der Waals surface area contributed by atoms with Gasteiger partial charge in [-0.1, -0.05) is 12.1 Å². The molecular weight excluding hydrogens is 234 g/mol. The molecule has 3 nitrogen and oxygen atoms in total. The number of nitrogens with zero attached hydrogens (tertiary/aromatic N) is 2. The van der Waals surface area contributed by atoms with E-state index in [9.17, 15) is 0 Å². The van der Waals surface area contributed by atoms with Gasteiger partial charge in [-0.3, -0.25) is 0 Å². The van der Waals surface area contributed by atoms with E-state index < -0.39 is 0 Å². The molecule has 0 radical (unpaired) electrons. The van der Waals surface area contributed by atoms with Crippen LogP contribution in [-0.2, 0) is 0 Å². The SMILES string of the molecule is CCNc1cccc(N(C)c2cc(C)cc(C)c2)n1. The Labute approximate surface area is 115 Å². The third-order valence-corrected chi connectivity index (χ3v) is 3.03. The van der Waals surface area contributed by atoms with Crippen LogP contribution >= 0.6 is 0 Å². The first kappa shape index (κ1) is 13.4. The van der Waals surface area contributed by atoms with Gasteiger partial charge in [0.25, 0.3) is 0 Å². The largest absolute Gasteiger partial charge is 0.370 e. The minimum atomic E-state index is 0.879. The van der Waals surface area contributed by atoms with Crippen LogP contribution in [0.2, 0.25) is 0 Å². The highest BCUT2D eigenvalue weighted by Crippen LogP contribution is 2.24. The molecule has 0 saturated carbocycles. The Morgan fingerprint density at radius 1 is 1.11 bits per heavy atom. The lowest BCUT2D eigenvalue weighted by Crippen LogP contribution is -2.12. The van der Waals surface area contributed by atoms with Crippen LogP contribution in [0.15, 0.2) is 36.4 Å². The monoisotopic (exact) mass is 255 g/mol. The molecule has 1 heterocycles. The molecule has 0 aliphatic heterocycles. The van der Waals surface area contributed by atoms with Crippen molar-refractivity contribution in [3.05, 3.63) is 47.5 Å². The number of rotatable bonds is 4. The van der Waals surface area contributed by atoms with Crippen molar-refractivity contribution in [2.45, 2.75) is 20.8 Å². The highest BCUT2D eigenvalue weighted by molar-refractivity contribution is 5.62. The zero-order valence-corrected chi connectivity index (χ0v) is 12.1. The van der Waals surface area contributed by atoms with E-state index in [2.05, 4.69) is 54.2 Å². The number of aryl methyl sites for hydroxylation is 2. The normalized spacial score (nSPS) is 10.3. The Bertz CT molecular complexity index is 543. The number of pyridine rings is 1. The van der Waals surface area contributed by atoms with Gasteiger partial charge in [-0.15, -0.1) is 0 Å². The maximum atomic E-state index is 4.61. The Morgan fingerprint density at radius 3 is 2.42 bits per heavy atom. The van der Waals surface area contributed by atoms with Crippen LogP contribution in [0.1, 0.15) is 18.1 Å². The number of hydrogen-bond acceptors (Lipinski definition) is 3. The van der Waals surface area contributed by atoms with Gasteiger partial charge in [-0.2, -0.15) is 0 Å². The molecule has 0 amide bonds. The van der Waals surface area contributed by atoms with Crippen LogP contribution in [0.5, 0.6) is 0 Å². The van der Waals surface area contributed by atoms with Crippen molar-refractivity contribution in [1.29, 1.82) is 0 Å². The zero-order valence-electron chi connectivity index (χ0n) is 12.1. The van der Waals surface area contributed by atoms with Crippen molar-refractivity contribution in [3.63, 3.8) is 0 Å². The molecule has 2 aromatic rings. The van der Waals surface area contributed by atoms with E-state index in [4.69, 9.17) is 0 Å². The van der Waals surface area contributed by atoms with Crippen molar-refractivity contribution in [2.75, 3.05) is 23.8 Å².